The van der Waals surface area contributed by atoms with Crippen molar-refractivity contribution in [3.05, 3.63) is 0 Å². The standard InChI is InChI=1S/C10H22N2S/c1-5-9(6-10(11)12)13-8(4)7(2)3/h7-9H,5-6H2,1-4H3,(H3,11,12). The Morgan fingerprint density at radius 1 is 1.38 bits per heavy atom. The van der Waals surface area contributed by atoms with Crippen molar-refractivity contribution in [3.8, 4) is 0 Å². The van der Waals surface area contributed by atoms with E-state index >= 15 is 0 Å². The van der Waals surface area contributed by atoms with Crippen LogP contribution in [0, 0.1) is 11.3 Å². The van der Waals surface area contributed by atoms with Crippen LogP contribution in [0.2, 0.25) is 0 Å². The largest absolute Gasteiger partial charge is 0.388 e. The molecule has 0 bridgehead atoms. The fraction of sp³-hybridized carbons (Fsp3) is 0.900. The normalized spacial score (nSPS) is 15.8. The van der Waals surface area contributed by atoms with Crippen molar-refractivity contribution >= 4 is 17.6 Å². The van der Waals surface area contributed by atoms with Gasteiger partial charge in [0.15, 0.2) is 0 Å². The van der Waals surface area contributed by atoms with E-state index in [1.54, 1.807) is 0 Å². The van der Waals surface area contributed by atoms with Crippen LogP contribution < -0.4 is 5.73 Å². The molecule has 0 aromatic rings. The van der Waals surface area contributed by atoms with Crippen LogP contribution >= 0.6 is 11.8 Å². The molecule has 0 saturated carbocycles. The molecule has 0 saturated heterocycles. The molecular weight excluding hydrogens is 180 g/mol. The first-order chi connectivity index (χ1) is 5.97. The van der Waals surface area contributed by atoms with Gasteiger partial charge in [-0.2, -0.15) is 11.8 Å². The van der Waals surface area contributed by atoms with Gasteiger partial charge in [0.2, 0.25) is 0 Å². The maximum absolute atomic E-state index is 7.24. The molecule has 0 aliphatic carbocycles. The fourth-order valence-electron chi connectivity index (χ4n) is 0.995. The van der Waals surface area contributed by atoms with E-state index in [1.165, 1.54) is 0 Å². The maximum atomic E-state index is 7.24. The van der Waals surface area contributed by atoms with E-state index in [0.717, 1.165) is 12.8 Å². The highest BCUT2D eigenvalue weighted by Crippen LogP contribution is 2.27. The van der Waals surface area contributed by atoms with E-state index < -0.39 is 0 Å². The second-order valence-electron chi connectivity index (χ2n) is 3.84. The average Bonchev–Trinajstić information content (AvgIpc) is 2.02. The third-order valence-corrected chi connectivity index (χ3v) is 4.11. The van der Waals surface area contributed by atoms with Crippen molar-refractivity contribution in [3.63, 3.8) is 0 Å². The second-order valence-corrected chi connectivity index (χ2v) is 5.53. The third-order valence-electron chi connectivity index (χ3n) is 2.25. The van der Waals surface area contributed by atoms with E-state index in [2.05, 4.69) is 27.7 Å². The summed E-state index contributed by atoms with van der Waals surface area (Å²) in [5, 5.41) is 8.42. The molecular formula is C10H22N2S. The molecule has 0 rings (SSSR count). The van der Waals surface area contributed by atoms with Crippen LogP contribution in [0.25, 0.3) is 0 Å². The van der Waals surface area contributed by atoms with Gasteiger partial charge in [0.05, 0.1) is 5.84 Å². The summed E-state index contributed by atoms with van der Waals surface area (Å²) in [4.78, 5) is 0. The number of hydrogen-bond donors (Lipinski definition) is 2. The van der Waals surface area contributed by atoms with Crippen LogP contribution in [0.3, 0.4) is 0 Å². The van der Waals surface area contributed by atoms with Crippen LogP contribution in [0.4, 0.5) is 0 Å². The lowest BCUT2D eigenvalue weighted by Crippen LogP contribution is -2.20. The molecule has 78 valence electrons. The van der Waals surface area contributed by atoms with E-state index in [9.17, 15) is 0 Å². The van der Waals surface area contributed by atoms with E-state index in [0.29, 0.717) is 22.3 Å². The van der Waals surface area contributed by atoms with Crippen LogP contribution in [0.5, 0.6) is 0 Å². The van der Waals surface area contributed by atoms with Crippen molar-refractivity contribution in [1.29, 1.82) is 5.41 Å². The fourth-order valence-corrected chi connectivity index (χ4v) is 2.38. The molecule has 2 unspecified atom stereocenters. The van der Waals surface area contributed by atoms with Gasteiger partial charge in [-0.1, -0.05) is 27.7 Å². The van der Waals surface area contributed by atoms with Gasteiger partial charge in [0, 0.05) is 16.9 Å². The lowest BCUT2D eigenvalue weighted by molar-refractivity contribution is 0.637. The Balaban J connectivity index is 3.90. The SMILES string of the molecule is CCC(CC(=N)N)SC(C)C(C)C. The summed E-state index contributed by atoms with van der Waals surface area (Å²) in [5.74, 6) is 1.02. The van der Waals surface area contributed by atoms with Crippen molar-refractivity contribution in [2.24, 2.45) is 11.7 Å². The lowest BCUT2D eigenvalue weighted by Gasteiger charge is -2.21. The number of nitrogens with one attached hydrogen (secondary N) is 1. The summed E-state index contributed by atoms with van der Waals surface area (Å²) in [6.45, 7) is 8.88. The second kappa shape index (κ2) is 6.30. The first kappa shape index (κ1) is 12.8. The van der Waals surface area contributed by atoms with Gasteiger partial charge in [-0.3, -0.25) is 5.41 Å². The first-order valence-electron chi connectivity index (χ1n) is 4.95. The summed E-state index contributed by atoms with van der Waals surface area (Å²) in [7, 11) is 0. The molecule has 0 heterocycles. The van der Waals surface area contributed by atoms with Crippen LogP contribution in [-0.4, -0.2) is 16.3 Å². The molecule has 0 radical (unpaired) electrons. The quantitative estimate of drug-likeness (QED) is 0.514. The zero-order valence-electron chi connectivity index (χ0n) is 9.13. The number of nitrogens with two attached hydrogens (primary N) is 1. The first-order valence-corrected chi connectivity index (χ1v) is 5.90. The van der Waals surface area contributed by atoms with E-state index in [4.69, 9.17) is 11.1 Å². The average molecular weight is 202 g/mol. The molecule has 13 heavy (non-hydrogen) atoms. The Kier molecular flexibility index (Phi) is 6.21. The Bertz CT molecular complexity index is 157. The highest BCUT2D eigenvalue weighted by atomic mass is 32.2. The summed E-state index contributed by atoms with van der Waals surface area (Å²) in [5.41, 5.74) is 5.39. The molecule has 0 aromatic heterocycles. The molecule has 2 atom stereocenters. The van der Waals surface area contributed by atoms with Gasteiger partial charge < -0.3 is 5.73 Å². The summed E-state index contributed by atoms with van der Waals surface area (Å²) in [6.07, 6.45) is 1.83. The Hall–Kier alpha value is -0.180. The third kappa shape index (κ3) is 5.97. The van der Waals surface area contributed by atoms with Gasteiger partial charge in [0.25, 0.3) is 0 Å². The van der Waals surface area contributed by atoms with Gasteiger partial charge in [0.1, 0.15) is 0 Å². The van der Waals surface area contributed by atoms with Crippen LogP contribution in [-0.2, 0) is 0 Å². The van der Waals surface area contributed by atoms with Crippen molar-refractivity contribution in [1.82, 2.24) is 0 Å². The molecule has 0 aromatic carbocycles. The van der Waals surface area contributed by atoms with E-state index in [-0.39, 0.29) is 0 Å². The highest BCUT2D eigenvalue weighted by molar-refractivity contribution is 8.00. The van der Waals surface area contributed by atoms with Gasteiger partial charge in [-0.15, -0.1) is 0 Å². The molecule has 0 spiro atoms. The number of rotatable bonds is 6. The van der Waals surface area contributed by atoms with Gasteiger partial charge in [-0.05, 0) is 12.3 Å². The summed E-state index contributed by atoms with van der Waals surface area (Å²) < 4.78 is 0. The highest BCUT2D eigenvalue weighted by Gasteiger charge is 2.15. The monoisotopic (exact) mass is 202 g/mol. The topological polar surface area (TPSA) is 49.9 Å². The molecule has 3 N–H and O–H groups in total. The number of hydrogen-bond acceptors (Lipinski definition) is 2. The molecule has 0 amide bonds. The zero-order chi connectivity index (χ0) is 10.4. The zero-order valence-corrected chi connectivity index (χ0v) is 9.95. The minimum absolute atomic E-state index is 0.315. The van der Waals surface area contributed by atoms with Gasteiger partial charge >= 0.3 is 0 Å². The summed E-state index contributed by atoms with van der Waals surface area (Å²) in [6, 6.07) is 0. The molecule has 3 heteroatoms. The predicted molar refractivity (Wildman–Crippen MR) is 62.5 cm³/mol. The Labute approximate surface area is 86.2 Å². The Morgan fingerprint density at radius 3 is 2.23 bits per heavy atom. The maximum Gasteiger partial charge on any atom is 0.0916 e. The smallest absolute Gasteiger partial charge is 0.0916 e. The van der Waals surface area contributed by atoms with Crippen LogP contribution in [0.15, 0.2) is 0 Å². The van der Waals surface area contributed by atoms with Crippen LogP contribution in [0.1, 0.15) is 40.5 Å². The minimum atomic E-state index is 0.315. The lowest BCUT2D eigenvalue weighted by atomic mass is 10.2. The molecule has 0 aliphatic rings. The molecule has 0 aliphatic heterocycles. The van der Waals surface area contributed by atoms with E-state index in [1.807, 2.05) is 11.8 Å². The van der Waals surface area contributed by atoms with Crippen molar-refractivity contribution < 1.29 is 0 Å². The predicted octanol–water partition coefficient (Wildman–Crippen LogP) is 2.87. The number of thioether (sulfide) groups is 1. The molecule has 2 nitrogen and oxygen atoms in total. The Morgan fingerprint density at radius 2 is 1.92 bits per heavy atom. The van der Waals surface area contributed by atoms with Crippen molar-refractivity contribution in [2.45, 2.75) is 51.0 Å². The summed E-state index contributed by atoms with van der Waals surface area (Å²) >= 11 is 1.96. The van der Waals surface area contributed by atoms with Crippen molar-refractivity contribution in [2.75, 3.05) is 0 Å². The molecule has 0 fully saturated rings. The van der Waals surface area contributed by atoms with Gasteiger partial charge in [-0.25, -0.2) is 0 Å². The number of amidine groups is 1. The minimum Gasteiger partial charge on any atom is -0.388 e.